The summed E-state index contributed by atoms with van der Waals surface area (Å²) in [6, 6.07) is 12.2. The second-order valence-corrected chi connectivity index (χ2v) is 20.4. The van der Waals surface area contributed by atoms with Gasteiger partial charge in [0.15, 0.2) is 0 Å². The fraction of sp³-hybridized carbons (Fsp3) is 0.500. The zero-order valence-corrected chi connectivity index (χ0v) is 43.7. The summed E-state index contributed by atoms with van der Waals surface area (Å²) in [5.74, 6) is 2.59. The first kappa shape index (κ1) is 54.2. The van der Waals surface area contributed by atoms with Crippen LogP contribution in [0.15, 0.2) is 66.9 Å². The van der Waals surface area contributed by atoms with Gasteiger partial charge >= 0.3 is 5.97 Å². The van der Waals surface area contributed by atoms with Gasteiger partial charge in [-0.3, -0.25) is 38.9 Å². The molecule has 6 bridgehead atoms. The number of hydrogen-bond donors (Lipinski definition) is 3. The number of carbonyl (C=O) groups excluding carboxylic acids is 5. The second kappa shape index (κ2) is 24.0. The monoisotopic (exact) mass is 1000 g/mol. The standard InChI is InChI=1S/C56H72N8O9/c1-10-62(49(66)17-14-21-61-23-25-72-26-24-61)33-37(5)53(68)60(8)50(36(3)4)52(67)58-46-29-38-27-40(30-41(65)28-38)39-18-19-48-43(31-39)44(51(63(48)11-2)42-15-12-20-57-47(42)34-71-9)32-56(6,7)35-73-55(70)45-16-13-22-64(59-45)54(46)69/h12,15,18-20,27-28,30-31,36,45-46,50,59,65H,5,10-11,13,16,21-26,29,32-35H2,1-4,6-9H3,(H,58,67)/t45-,46?,50-/m0/s1. The van der Waals surface area contributed by atoms with E-state index in [2.05, 4.69) is 77.6 Å². The van der Waals surface area contributed by atoms with Crippen molar-refractivity contribution in [2.45, 2.75) is 98.5 Å². The van der Waals surface area contributed by atoms with Crippen molar-refractivity contribution in [3.05, 3.63) is 83.7 Å². The minimum Gasteiger partial charge on any atom is -0.508 e. The minimum absolute atomic E-state index is 0.0299. The molecule has 3 N–H and O–H groups in total. The van der Waals surface area contributed by atoms with Crippen LogP contribution in [0.2, 0.25) is 0 Å². The van der Waals surface area contributed by atoms with Crippen LogP contribution in [0.1, 0.15) is 71.2 Å². The van der Waals surface area contributed by atoms with E-state index < -0.39 is 59.1 Å². The molecule has 0 aliphatic carbocycles. The Morgan fingerprint density at radius 2 is 1.84 bits per heavy atom. The first-order valence-corrected chi connectivity index (χ1v) is 25.4. The molecular weight excluding hydrogens is 929 g/mol. The van der Waals surface area contributed by atoms with Gasteiger partial charge < -0.3 is 39.0 Å². The topological polar surface area (TPSA) is 188 Å². The number of ether oxygens (including phenoxy) is 3. The molecule has 2 aromatic carbocycles. The lowest BCUT2D eigenvalue weighted by Gasteiger charge is -2.37. The lowest BCUT2D eigenvalue weighted by atomic mass is 9.84. The van der Waals surface area contributed by atoms with Gasteiger partial charge in [-0.15, -0.1) is 0 Å². The summed E-state index contributed by atoms with van der Waals surface area (Å²) in [5.41, 5.74) is 9.50. The predicted molar refractivity (Wildman–Crippen MR) is 278 cm³/mol. The van der Waals surface area contributed by atoms with E-state index in [1.807, 2.05) is 18.2 Å². The quantitative estimate of drug-likeness (QED) is 0.0914. The van der Waals surface area contributed by atoms with Crippen LogP contribution in [0.3, 0.4) is 0 Å². The molecule has 3 atom stereocenters. The Hall–Kier alpha value is -6.58. The average Bonchev–Trinajstić information content (AvgIpc) is 3.67. The molecule has 7 rings (SSSR count). The number of fused-ring (bicyclic) bond motifs is 6. The average molecular weight is 1000 g/mol. The number of amides is 4. The van der Waals surface area contributed by atoms with Gasteiger partial charge in [0.1, 0.15) is 23.9 Å². The predicted octanol–water partition coefficient (Wildman–Crippen LogP) is 5.11. The van der Waals surface area contributed by atoms with Gasteiger partial charge in [0.25, 0.3) is 17.7 Å². The van der Waals surface area contributed by atoms with Crippen LogP contribution in [0, 0.1) is 23.2 Å². The third-order valence-electron chi connectivity index (χ3n) is 13.9. The highest BCUT2D eigenvalue weighted by molar-refractivity contribution is 6.00. The number of rotatable bonds is 13. The molecule has 390 valence electrons. The summed E-state index contributed by atoms with van der Waals surface area (Å²) in [5, 5.41) is 16.7. The Kier molecular flexibility index (Phi) is 17.8. The molecule has 4 aromatic rings. The van der Waals surface area contributed by atoms with Gasteiger partial charge in [-0.1, -0.05) is 52.3 Å². The van der Waals surface area contributed by atoms with Gasteiger partial charge in [-0.05, 0) is 104 Å². The Morgan fingerprint density at radius 1 is 1.07 bits per heavy atom. The van der Waals surface area contributed by atoms with Crippen molar-refractivity contribution in [1.82, 2.24) is 40.0 Å². The molecule has 73 heavy (non-hydrogen) atoms. The first-order valence-electron chi connectivity index (χ1n) is 25.4. The van der Waals surface area contributed by atoms with Gasteiger partial charge in [0.05, 0.1) is 50.9 Å². The van der Waals surface area contributed by atoms with E-state index in [0.29, 0.717) is 63.3 Å². The van der Waals surface area contributed by atoms with Gasteiger partial charge in [-0.25, -0.2) is 5.43 Å². The van der Waals surface area contributed by atoms with Crippen LogP contribution in [-0.2, 0) is 64.2 Å². The lowest BCUT2D eigenvalue weighted by Crippen LogP contribution is -2.62. The Balaban J connectivity index is 1.22. The van der Waals surface area contributed by atoms with E-state index in [4.69, 9.17) is 19.2 Å². The number of phenolic OH excluding ortho intramolecular Hbond substituents is 1. The van der Waals surface area contributed by atoms with E-state index in [9.17, 15) is 29.1 Å². The van der Waals surface area contributed by atoms with E-state index in [1.54, 1.807) is 46.2 Å². The van der Waals surface area contributed by atoms with Crippen molar-refractivity contribution in [2.75, 3.05) is 73.2 Å². The molecule has 17 nitrogen and oxygen atoms in total. The Bertz CT molecular complexity index is 2770. The van der Waals surface area contributed by atoms with Crippen molar-refractivity contribution in [1.29, 1.82) is 0 Å². The van der Waals surface area contributed by atoms with Crippen LogP contribution in [-0.4, -0.2) is 155 Å². The summed E-state index contributed by atoms with van der Waals surface area (Å²) in [7, 11) is 3.15. The molecule has 5 heterocycles. The van der Waals surface area contributed by atoms with Crippen LogP contribution in [0.4, 0.5) is 0 Å². The van der Waals surface area contributed by atoms with Crippen LogP contribution < -0.4 is 10.7 Å². The fourth-order valence-electron chi connectivity index (χ4n) is 10.2. The molecule has 0 radical (unpaired) electrons. The number of phenols is 1. The number of nitrogens with zero attached hydrogens (tertiary/aromatic N) is 6. The highest BCUT2D eigenvalue weighted by Gasteiger charge is 2.38. The first-order chi connectivity index (χ1) is 34.9. The summed E-state index contributed by atoms with van der Waals surface area (Å²) in [6.07, 6.45) is 3.16. The number of hydrogen-bond acceptors (Lipinski definition) is 12. The van der Waals surface area contributed by atoms with Crippen molar-refractivity contribution < 1.29 is 43.3 Å². The number of aromatic nitrogens is 2. The number of nitrogens with one attached hydrogen (secondary N) is 2. The molecule has 3 aliphatic heterocycles. The third kappa shape index (κ3) is 12.8. The zero-order chi connectivity index (χ0) is 52.6. The molecule has 2 fully saturated rings. The SMILES string of the molecule is C=C(CN(CC)C(=O)C#CCN1CCOCC1)C(=O)N(C)[C@H](C(=O)NC1Cc2cc(O)cc(c2)-c2ccc3c(c2)c(c(-c2cccnc2COC)n3CC)CC(C)(C)COC(=O)[C@@H]2CCCN(N2)C1=O)C(C)C. The number of aryl methyl sites for hydroxylation is 1. The smallest absolute Gasteiger partial charge is 0.324 e. The highest BCUT2D eigenvalue weighted by atomic mass is 16.5. The maximum Gasteiger partial charge on any atom is 0.324 e. The van der Waals surface area contributed by atoms with Gasteiger partial charge in [0, 0.05) is 87.0 Å². The normalized spacial score (nSPS) is 18.8. The third-order valence-corrected chi connectivity index (χ3v) is 13.9. The molecule has 17 heteroatoms. The number of morpholine rings is 1. The van der Waals surface area contributed by atoms with Gasteiger partial charge in [-0.2, -0.15) is 0 Å². The number of methoxy groups -OCH3 is 1. The summed E-state index contributed by atoms with van der Waals surface area (Å²) in [4.78, 5) is 80.3. The number of benzene rings is 2. The molecule has 1 unspecified atom stereocenters. The molecule has 2 saturated heterocycles. The van der Waals surface area contributed by atoms with E-state index in [0.717, 1.165) is 52.1 Å². The van der Waals surface area contributed by atoms with Crippen molar-refractivity contribution in [3.8, 4) is 40.0 Å². The molecule has 4 amide bonds. The number of hydrazine groups is 1. The van der Waals surface area contributed by atoms with Crippen molar-refractivity contribution >= 4 is 40.5 Å². The van der Waals surface area contributed by atoms with Crippen molar-refractivity contribution in [2.24, 2.45) is 11.3 Å². The fourth-order valence-corrected chi connectivity index (χ4v) is 10.2. The van der Waals surface area contributed by atoms with Gasteiger partial charge in [0.2, 0.25) is 5.91 Å². The summed E-state index contributed by atoms with van der Waals surface area (Å²) < 4.78 is 19.4. The maximum atomic E-state index is 14.8. The summed E-state index contributed by atoms with van der Waals surface area (Å²) >= 11 is 0. The summed E-state index contributed by atoms with van der Waals surface area (Å²) in [6.45, 7) is 20.3. The highest BCUT2D eigenvalue weighted by Crippen LogP contribution is 2.41. The Labute approximate surface area is 429 Å². The number of esters is 1. The molecule has 0 spiro atoms. The van der Waals surface area contributed by atoms with Crippen LogP contribution in [0.5, 0.6) is 5.75 Å². The number of aromatic hydroxyl groups is 1. The second-order valence-electron chi connectivity index (χ2n) is 20.4. The van der Waals surface area contributed by atoms with Crippen molar-refractivity contribution in [3.63, 3.8) is 0 Å². The maximum absolute atomic E-state index is 14.8. The van der Waals surface area contributed by atoms with E-state index >= 15 is 0 Å². The lowest BCUT2D eigenvalue weighted by molar-refractivity contribution is -0.155. The number of likely N-dealkylation sites (N-methyl/N-ethyl adjacent to an activating group) is 2. The van der Waals surface area contributed by atoms with E-state index in [1.165, 1.54) is 21.9 Å². The van der Waals surface area contributed by atoms with Crippen LogP contribution >= 0.6 is 0 Å². The number of cyclic esters (lactones) is 1. The molecule has 3 aliphatic rings. The van der Waals surface area contributed by atoms with Crippen LogP contribution in [0.25, 0.3) is 33.3 Å². The zero-order valence-electron chi connectivity index (χ0n) is 43.7. The molecular formula is C56H72N8O9. The number of pyridine rings is 1. The minimum atomic E-state index is -1.21. The molecule has 0 saturated carbocycles. The largest absolute Gasteiger partial charge is 0.508 e. The van der Waals surface area contributed by atoms with E-state index in [-0.39, 0.29) is 44.0 Å². The Morgan fingerprint density at radius 3 is 2.55 bits per heavy atom. The molecule has 2 aromatic heterocycles. The number of carbonyl (C=O) groups is 5.